The van der Waals surface area contributed by atoms with E-state index >= 15 is 0 Å². The number of carbonyl (C=O) groups excluding carboxylic acids is 1. The lowest BCUT2D eigenvalue weighted by molar-refractivity contribution is 0.102. The molecule has 1 aromatic carbocycles. The zero-order valence-electron chi connectivity index (χ0n) is 15.6. The van der Waals surface area contributed by atoms with Crippen molar-refractivity contribution in [2.24, 2.45) is 0 Å². The number of rotatable bonds is 5. The summed E-state index contributed by atoms with van der Waals surface area (Å²) in [6.07, 6.45) is 5.99. The third kappa shape index (κ3) is 4.50. The summed E-state index contributed by atoms with van der Waals surface area (Å²) in [5.41, 5.74) is 2.79. The molecule has 0 unspecified atom stereocenters. The van der Waals surface area contributed by atoms with Crippen molar-refractivity contribution in [1.29, 1.82) is 0 Å². The molecule has 1 aliphatic rings. The molecule has 6 heteroatoms. The molecule has 0 saturated heterocycles. The smallest absolute Gasteiger partial charge is 0.274 e. The summed E-state index contributed by atoms with van der Waals surface area (Å²) in [4.78, 5) is 21.6. The Kier molecular flexibility index (Phi) is 5.71. The fourth-order valence-corrected chi connectivity index (χ4v) is 3.28. The van der Waals surface area contributed by atoms with Crippen molar-refractivity contribution < 1.29 is 9.53 Å². The molecule has 1 heterocycles. The van der Waals surface area contributed by atoms with E-state index < -0.39 is 0 Å². The topological polar surface area (TPSA) is 76.1 Å². The van der Waals surface area contributed by atoms with Crippen LogP contribution >= 0.6 is 0 Å². The zero-order chi connectivity index (χ0) is 18.5. The number of methoxy groups -OCH3 is 1. The maximum Gasteiger partial charge on any atom is 0.274 e. The number of nitrogens with one attached hydrogen (secondary N) is 2. The number of nitrogens with zero attached hydrogens (tertiary/aromatic N) is 2. The van der Waals surface area contributed by atoms with Crippen LogP contribution in [0.3, 0.4) is 0 Å². The number of carbonyl (C=O) groups is 1. The minimum Gasteiger partial charge on any atom is -0.495 e. The molecule has 2 N–H and O–H groups in total. The van der Waals surface area contributed by atoms with E-state index in [0.29, 0.717) is 29.1 Å². The number of amides is 1. The van der Waals surface area contributed by atoms with Crippen LogP contribution in [-0.4, -0.2) is 29.0 Å². The van der Waals surface area contributed by atoms with Gasteiger partial charge in [0.15, 0.2) is 0 Å². The predicted molar refractivity (Wildman–Crippen MR) is 103 cm³/mol. The van der Waals surface area contributed by atoms with Gasteiger partial charge in [0, 0.05) is 11.7 Å². The van der Waals surface area contributed by atoms with Crippen LogP contribution in [-0.2, 0) is 0 Å². The fraction of sp³-hybridized carbons (Fsp3) is 0.450. The van der Waals surface area contributed by atoms with E-state index in [-0.39, 0.29) is 5.91 Å². The van der Waals surface area contributed by atoms with Crippen LogP contribution in [0.2, 0.25) is 0 Å². The standard InChI is InChI=1S/C20H26N4O2/c1-13-9-10-18(26-3)16(11-13)23-19(25)17-12-14(2)21-20(24-17)22-15-7-5-4-6-8-15/h9-12,15H,4-8H2,1-3H3,(H,23,25)(H,21,22,24). The monoisotopic (exact) mass is 354 g/mol. The summed E-state index contributed by atoms with van der Waals surface area (Å²) in [7, 11) is 1.58. The van der Waals surface area contributed by atoms with Gasteiger partial charge in [-0.2, -0.15) is 0 Å². The molecule has 0 atom stereocenters. The van der Waals surface area contributed by atoms with Gasteiger partial charge >= 0.3 is 0 Å². The molecule has 1 aliphatic carbocycles. The van der Waals surface area contributed by atoms with Gasteiger partial charge in [0.25, 0.3) is 5.91 Å². The quantitative estimate of drug-likeness (QED) is 0.845. The third-order valence-corrected chi connectivity index (χ3v) is 4.63. The molecule has 3 rings (SSSR count). The number of ether oxygens (including phenoxy) is 1. The Bertz CT molecular complexity index is 785. The Balaban J connectivity index is 1.77. The van der Waals surface area contributed by atoms with E-state index in [2.05, 4.69) is 20.6 Å². The minimum absolute atomic E-state index is 0.272. The van der Waals surface area contributed by atoms with Crippen LogP contribution in [0, 0.1) is 13.8 Å². The molecule has 138 valence electrons. The van der Waals surface area contributed by atoms with E-state index in [9.17, 15) is 4.79 Å². The van der Waals surface area contributed by atoms with E-state index in [1.54, 1.807) is 13.2 Å². The number of hydrogen-bond donors (Lipinski definition) is 2. The SMILES string of the molecule is COc1ccc(C)cc1NC(=O)c1cc(C)nc(NC2CCCCC2)n1. The molecule has 1 aromatic heterocycles. The molecule has 1 amide bonds. The number of benzene rings is 1. The molecule has 0 spiro atoms. The van der Waals surface area contributed by atoms with Crippen molar-refractivity contribution >= 4 is 17.5 Å². The maximum absolute atomic E-state index is 12.7. The van der Waals surface area contributed by atoms with E-state index in [0.717, 1.165) is 24.1 Å². The van der Waals surface area contributed by atoms with Crippen LogP contribution in [0.5, 0.6) is 5.75 Å². The number of aryl methyl sites for hydroxylation is 2. The summed E-state index contributed by atoms with van der Waals surface area (Å²) in [5, 5.41) is 6.28. The molecular formula is C20H26N4O2. The van der Waals surface area contributed by atoms with Crippen molar-refractivity contribution in [2.45, 2.75) is 52.0 Å². The van der Waals surface area contributed by atoms with Gasteiger partial charge in [-0.15, -0.1) is 0 Å². The summed E-state index contributed by atoms with van der Waals surface area (Å²) >= 11 is 0. The second-order valence-corrected chi connectivity index (χ2v) is 6.86. The lowest BCUT2D eigenvalue weighted by atomic mass is 9.96. The number of aromatic nitrogens is 2. The van der Waals surface area contributed by atoms with Crippen LogP contribution in [0.15, 0.2) is 24.3 Å². The number of hydrogen-bond acceptors (Lipinski definition) is 5. The van der Waals surface area contributed by atoms with Gasteiger partial charge in [-0.05, 0) is 50.5 Å². The average Bonchev–Trinajstić information content (AvgIpc) is 2.62. The second kappa shape index (κ2) is 8.17. The van der Waals surface area contributed by atoms with Gasteiger partial charge in [0.05, 0.1) is 12.8 Å². The Morgan fingerprint density at radius 2 is 1.88 bits per heavy atom. The summed E-state index contributed by atoms with van der Waals surface area (Å²) in [6.45, 7) is 3.84. The first-order valence-electron chi connectivity index (χ1n) is 9.13. The molecule has 2 aromatic rings. The Labute approximate surface area is 154 Å². The van der Waals surface area contributed by atoms with Crippen LogP contribution in [0.1, 0.15) is 53.8 Å². The molecule has 6 nitrogen and oxygen atoms in total. The molecule has 0 radical (unpaired) electrons. The van der Waals surface area contributed by atoms with E-state index in [1.165, 1.54) is 19.3 Å². The first-order valence-corrected chi connectivity index (χ1v) is 9.13. The maximum atomic E-state index is 12.7. The predicted octanol–water partition coefficient (Wildman–Crippen LogP) is 4.10. The van der Waals surface area contributed by atoms with Crippen molar-refractivity contribution in [3.05, 3.63) is 41.2 Å². The molecule has 26 heavy (non-hydrogen) atoms. The average molecular weight is 354 g/mol. The van der Waals surface area contributed by atoms with Gasteiger partial charge in [-0.25, -0.2) is 9.97 Å². The third-order valence-electron chi connectivity index (χ3n) is 4.63. The van der Waals surface area contributed by atoms with Crippen LogP contribution < -0.4 is 15.4 Å². The lowest BCUT2D eigenvalue weighted by Gasteiger charge is -2.23. The van der Waals surface area contributed by atoms with Gasteiger partial charge in [0.1, 0.15) is 11.4 Å². The molecule has 1 saturated carbocycles. The summed E-state index contributed by atoms with van der Waals surface area (Å²) in [6, 6.07) is 7.75. The van der Waals surface area contributed by atoms with Crippen molar-refractivity contribution in [3.63, 3.8) is 0 Å². The Morgan fingerprint density at radius 3 is 2.62 bits per heavy atom. The summed E-state index contributed by atoms with van der Waals surface area (Å²) in [5.74, 6) is 0.875. The highest BCUT2D eigenvalue weighted by molar-refractivity contribution is 6.04. The number of anilines is 2. The van der Waals surface area contributed by atoms with Crippen LogP contribution in [0.25, 0.3) is 0 Å². The van der Waals surface area contributed by atoms with E-state index in [4.69, 9.17) is 4.74 Å². The normalized spacial score (nSPS) is 14.7. The Morgan fingerprint density at radius 1 is 1.12 bits per heavy atom. The molecule has 0 bridgehead atoms. The molecule has 1 fully saturated rings. The van der Waals surface area contributed by atoms with Crippen molar-refractivity contribution in [1.82, 2.24) is 9.97 Å². The van der Waals surface area contributed by atoms with Gasteiger partial charge in [-0.1, -0.05) is 25.3 Å². The van der Waals surface area contributed by atoms with Gasteiger partial charge in [0.2, 0.25) is 5.95 Å². The lowest BCUT2D eigenvalue weighted by Crippen LogP contribution is -2.24. The highest BCUT2D eigenvalue weighted by Gasteiger charge is 2.17. The highest BCUT2D eigenvalue weighted by Crippen LogP contribution is 2.26. The first-order chi connectivity index (χ1) is 12.5. The van der Waals surface area contributed by atoms with Crippen LogP contribution in [0.4, 0.5) is 11.6 Å². The Hall–Kier alpha value is -2.63. The first kappa shape index (κ1) is 18.2. The van der Waals surface area contributed by atoms with Crippen molar-refractivity contribution in [2.75, 3.05) is 17.7 Å². The summed E-state index contributed by atoms with van der Waals surface area (Å²) < 4.78 is 5.33. The largest absolute Gasteiger partial charge is 0.495 e. The van der Waals surface area contributed by atoms with E-state index in [1.807, 2.05) is 32.0 Å². The fourth-order valence-electron chi connectivity index (χ4n) is 3.28. The second-order valence-electron chi connectivity index (χ2n) is 6.86. The zero-order valence-corrected chi connectivity index (χ0v) is 15.6. The minimum atomic E-state index is -0.272. The van der Waals surface area contributed by atoms with Crippen molar-refractivity contribution in [3.8, 4) is 5.75 Å². The molecular weight excluding hydrogens is 328 g/mol. The molecule has 0 aliphatic heterocycles. The van der Waals surface area contributed by atoms with Gasteiger partial charge in [-0.3, -0.25) is 4.79 Å². The highest BCUT2D eigenvalue weighted by atomic mass is 16.5. The van der Waals surface area contributed by atoms with Gasteiger partial charge < -0.3 is 15.4 Å².